The van der Waals surface area contributed by atoms with Crippen LogP contribution in [0.1, 0.15) is 84.0 Å². The van der Waals surface area contributed by atoms with Gasteiger partial charge < -0.3 is 10.6 Å². The van der Waals surface area contributed by atoms with E-state index in [0.29, 0.717) is 11.4 Å². The van der Waals surface area contributed by atoms with Crippen molar-refractivity contribution in [3.05, 3.63) is 35.5 Å². The van der Waals surface area contributed by atoms with Crippen molar-refractivity contribution < 1.29 is 4.79 Å². The van der Waals surface area contributed by atoms with Gasteiger partial charge in [0, 0.05) is 41.8 Å². The first-order valence-electron chi connectivity index (χ1n) is 11.8. The van der Waals surface area contributed by atoms with E-state index in [9.17, 15) is 4.79 Å². The third-order valence-corrected chi connectivity index (χ3v) is 5.69. The molecule has 1 heterocycles. The molecule has 0 aliphatic carbocycles. The molecule has 2 rings (SSSR count). The molecular weight excluding hydrogens is 394 g/mol. The minimum absolute atomic E-state index is 0.217. The number of nitrogens with one attached hydrogen (secondary N) is 2. The molecule has 0 saturated heterocycles. The van der Waals surface area contributed by atoms with Gasteiger partial charge >= 0.3 is 0 Å². The van der Waals surface area contributed by atoms with Crippen molar-refractivity contribution in [1.82, 2.24) is 10.3 Å². The maximum absolute atomic E-state index is 11.9. The predicted octanol–water partition coefficient (Wildman–Crippen LogP) is 7.12. The van der Waals surface area contributed by atoms with Gasteiger partial charge in [-0.25, -0.2) is 0 Å². The molecule has 0 radical (unpaired) electrons. The van der Waals surface area contributed by atoms with Gasteiger partial charge in [0.25, 0.3) is 0 Å². The predicted molar refractivity (Wildman–Crippen MR) is 129 cm³/mol. The number of hydrogen-bond acceptors (Lipinski definition) is 3. The Kier molecular flexibility index (Phi) is 12.3. The van der Waals surface area contributed by atoms with E-state index in [1.165, 1.54) is 38.5 Å². The monoisotopic (exact) mass is 431 g/mol. The van der Waals surface area contributed by atoms with Gasteiger partial charge in [-0.2, -0.15) is 0 Å². The number of aromatic nitrogens is 1. The number of carbonyl (C=O) groups excluding carboxylic acids is 1. The summed E-state index contributed by atoms with van der Waals surface area (Å²) in [5.74, 6) is 0.217. The number of anilines is 1. The van der Waals surface area contributed by atoms with Crippen LogP contribution in [-0.4, -0.2) is 24.0 Å². The fourth-order valence-corrected chi connectivity index (χ4v) is 3.83. The van der Waals surface area contributed by atoms with Gasteiger partial charge in [-0.1, -0.05) is 69.9 Å². The van der Waals surface area contributed by atoms with E-state index in [1.54, 1.807) is 0 Å². The van der Waals surface area contributed by atoms with Crippen molar-refractivity contribution in [3.8, 4) is 0 Å². The van der Waals surface area contributed by atoms with Crippen LogP contribution < -0.4 is 10.6 Å². The first-order valence-corrected chi connectivity index (χ1v) is 12.1. The second-order valence-corrected chi connectivity index (χ2v) is 8.52. The summed E-state index contributed by atoms with van der Waals surface area (Å²) in [5.41, 5.74) is 2.02. The summed E-state index contributed by atoms with van der Waals surface area (Å²) in [6.45, 7) is 3.98. The van der Waals surface area contributed by atoms with E-state index >= 15 is 0 Å². The first-order chi connectivity index (χ1) is 14.7. The van der Waals surface area contributed by atoms with Crippen molar-refractivity contribution in [1.29, 1.82) is 0 Å². The van der Waals surface area contributed by atoms with Crippen LogP contribution in [0.4, 0.5) is 5.69 Å². The number of nitrogens with zero attached hydrogens (tertiary/aromatic N) is 1. The third-order valence-electron chi connectivity index (χ3n) is 5.45. The molecule has 0 atom stereocenters. The van der Waals surface area contributed by atoms with Gasteiger partial charge in [0.05, 0.1) is 5.52 Å². The Morgan fingerprint density at radius 1 is 0.900 bits per heavy atom. The van der Waals surface area contributed by atoms with Crippen molar-refractivity contribution in [2.24, 2.45) is 0 Å². The number of rotatable bonds is 16. The minimum Gasteiger partial charge on any atom is -0.384 e. The number of pyridine rings is 1. The van der Waals surface area contributed by atoms with E-state index < -0.39 is 0 Å². The smallest absolute Gasteiger partial charge is 0.219 e. The van der Waals surface area contributed by atoms with Gasteiger partial charge in [0.2, 0.25) is 5.91 Å². The molecule has 0 saturated carbocycles. The fraction of sp³-hybridized carbons (Fsp3) is 0.600. The molecule has 2 N–H and O–H groups in total. The highest BCUT2D eigenvalue weighted by molar-refractivity contribution is 6.31. The number of unbranched alkanes of at least 4 members (excludes halogenated alkanes) is 9. The standard InChI is InChI=1S/C25H38ClN3O/c1-2-3-4-5-6-7-10-13-25(30)29-18-12-9-8-11-17-27-23-16-19-28-24-20-21(26)14-15-22(23)24/h14-16,19-20H,2-13,17-18H2,1H3,(H,27,28)(H,29,30). The topological polar surface area (TPSA) is 54.0 Å². The summed E-state index contributed by atoms with van der Waals surface area (Å²) in [6.07, 6.45) is 15.7. The van der Waals surface area contributed by atoms with Crippen molar-refractivity contribution >= 4 is 34.1 Å². The SMILES string of the molecule is CCCCCCCCCC(=O)NCCCCCCNc1ccnc2cc(Cl)ccc12. The van der Waals surface area contributed by atoms with Crippen LogP contribution in [0.3, 0.4) is 0 Å². The molecule has 4 nitrogen and oxygen atoms in total. The lowest BCUT2D eigenvalue weighted by Gasteiger charge is -2.10. The van der Waals surface area contributed by atoms with Crippen LogP contribution in [0.5, 0.6) is 0 Å². The molecule has 1 aromatic heterocycles. The molecule has 5 heteroatoms. The van der Waals surface area contributed by atoms with Gasteiger partial charge in [0.1, 0.15) is 0 Å². The zero-order valence-electron chi connectivity index (χ0n) is 18.5. The Morgan fingerprint density at radius 2 is 1.60 bits per heavy atom. The number of carbonyl (C=O) groups is 1. The molecule has 30 heavy (non-hydrogen) atoms. The summed E-state index contributed by atoms with van der Waals surface area (Å²) in [5, 5.41) is 8.38. The zero-order valence-corrected chi connectivity index (χ0v) is 19.3. The van der Waals surface area contributed by atoms with Crippen LogP contribution in [0.2, 0.25) is 5.02 Å². The van der Waals surface area contributed by atoms with E-state index in [4.69, 9.17) is 11.6 Å². The largest absolute Gasteiger partial charge is 0.384 e. The van der Waals surface area contributed by atoms with Crippen LogP contribution >= 0.6 is 11.6 Å². The lowest BCUT2D eigenvalue weighted by atomic mass is 10.1. The van der Waals surface area contributed by atoms with Crippen LogP contribution in [0.15, 0.2) is 30.5 Å². The number of benzene rings is 1. The molecule has 0 bridgehead atoms. The lowest BCUT2D eigenvalue weighted by Crippen LogP contribution is -2.23. The molecule has 2 aromatic rings. The van der Waals surface area contributed by atoms with E-state index in [1.807, 2.05) is 30.5 Å². The average molecular weight is 432 g/mol. The second kappa shape index (κ2) is 15.1. The summed E-state index contributed by atoms with van der Waals surface area (Å²) in [4.78, 5) is 16.2. The highest BCUT2D eigenvalue weighted by atomic mass is 35.5. The maximum Gasteiger partial charge on any atom is 0.219 e. The molecular formula is C25H38ClN3O. The summed E-state index contributed by atoms with van der Waals surface area (Å²) in [6, 6.07) is 7.82. The first kappa shape index (κ1) is 24.5. The Morgan fingerprint density at radius 3 is 2.40 bits per heavy atom. The zero-order chi connectivity index (χ0) is 21.4. The molecule has 166 valence electrons. The summed E-state index contributed by atoms with van der Waals surface area (Å²) < 4.78 is 0. The Bertz CT molecular complexity index is 750. The quantitative estimate of drug-likeness (QED) is 0.278. The average Bonchev–Trinajstić information content (AvgIpc) is 2.74. The second-order valence-electron chi connectivity index (χ2n) is 8.08. The Balaban J connectivity index is 1.46. The fourth-order valence-electron chi connectivity index (χ4n) is 3.66. The van der Waals surface area contributed by atoms with E-state index in [2.05, 4.69) is 22.5 Å². The summed E-state index contributed by atoms with van der Waals surface area (Å²) >= 11 is 6.04. The lowest BCUT2D eigenvalue weighted by molar-refractivity contribution is -0.121. The molecule has 1 aromatic carbocycles. The molecule has 0 spiro atoms. The van der Waals surface area contributed by atoms with E-state index in [0.717, 1.165) is 61.8 Å². The van der Waals surface area contributed by atoms with Gasteiger partial charge in [-0.15, -0.1) is 0 Å². The Labute approximate surface area is 187 Å². The number of halogens is 1. The normalized spacial score (nSPS) is 11.0. The van der Waals surface area contributed by atoms with Gasteiger partial charge in [-0.3, -0.25) is 9.78 Å². The van der Waals surface area contributed by atoms with Crippen molar-refractivity contribution in [3.63, 3.8) is 0 Å². The third kappa shape index (κ3) is 9.80. The number of hydrogen-bond donors (Lipinski definition) is 2. The maximum atomic E-state index is 11.9. The molecule has 0 unspecified atom stereocenters. The summed E-state index contributed by atoms with van der Waals surface area (Å²) in [7, 11) is 0. The van der Waals surface area contributed by atoms with Crippen molar-refractivity contribution in [2.75, 3.05) is 18.4 Å². The highest BCUT2D eigenvalue weighted by Gasteiger charge is 2.03. The van der Waals surface area contributed by atoms with Crippen LogP contribution in [0.25, 0.3) is 10.9 Å². The van der Waals surface area contributed by atoms with Gasteiger partial charge in [-0.05, 0) is 43.5 Å². The number of amides is 1. The molecule has 0 fully saturated rings. The Hall–Kier alpha value is -1.81. The number of fused-ring (bicyclic) bond motifs is 1. The minimum atomic E-state index is 0.217. The van der Waals surface area contributed by atoms with Crippen LogP contribution in [0, 0.1) is 0 Å². The van der Waals surface area contributed by atoms with Crippen LogP contribution in [-0.2, 0) is 4.79 Å². The molecule has 0 aliphatic heterocycles. The van der Waals surface area contributed by atoms with Crippen molar-refractivity contribution in [2.45, 2.75) is 84.0 Å². The molecule has 1 amide bonds. The van der Waals surface area contributed by atoms with Gasteiger partial charge in [0.15, 0.2) is 0 Å². The van der Waals surface area contributed by atoms with E-state index in [-0.39, 0.29) is 5.91 Å². The molecule has 0 aliphatic rings. The highest BCUT2D eigenvalue weighted by Crippen LogP contribution is 2.24.